The summed E-state index contributed by atoms with van der Waals surface area (Å²) in [7, 11) is -2.26. The molecule has 3 aromatic carbocycles. The number of methoxy groups -OCH3 is 1. The van der Waals surface area contributed by atoms with E-state index in [4.69, 9.17) is 9.47 Å². The van der Waals surface area contributed by atoms with Crippen molar-refractivity contribution >= 4 is 49.7 Å². The summed E-state index contributed by atoms with van der Waals surface area (Å²) in [4.78, 5) is 58.0. The Hall–Kier alpha value is -4.39. The minimum atomic E-state index is -3.59. The van der Waals surface area contributed by atoms with E-state index in [0.29, 0.717) is 54.8 Å². The number of fused-ring (bicyclic) bond motifs is 3. The van der Waals surface area contributed by atoms with Crippen molar-refractivity contribution in [3.05, 3.63) is 89.5 Å². The van der Waals surface area contributed by atoms with E-state index in [1.807, 2.05) is 49.4 Å². The third-order valence-corrected chi connectivity index (χ3v) is 13.3. The van der Waals surface area contributed by atoms with Gasteiger partial charge in [-0.15, -0.1) is 0 Å². The summed E-state index contributed by atoms with van der Waals surface area (Å²) in [5.74, 6) is -1.61. The fourth-order valence-electron chi connectivity index (χ4n) is 8.44. The van der Waals surface area contributed by atoms with Crippen LogP contribution in [-0.4, -0.2) is 75.0 Å². The van der Waals surface area contributed by atoms with E-state index >= 15 is 4.11 Å². The van der Waals surface area contributed by atoms with Gasteiger partial charge in [0.05, 0.1) is 38.0 Å². The normalized spacial score (nSPS) is 24.0. The predicted molar refractivity (Wildman–Crippen MR) is 194 cm³/mol. The van der Waals surface area contributed by atoms with Crippen molar-refractivity contribution in [2.45, 2.75) is 82.0 Å². The van der Waals surface area contributed by atoms with Crippen LogP contribution in [0.1, 0.15) is 49.3 Å². The Balaban J connectivity index is 1.38. The zero-order valence-electron chi connectivity index (χ0n) is 29.6. The first-order valence-electron chi connectivity index (χ1n) is 17.6. The van der Waals surface area contributed by atoms with Gasteiger partial charge in [-0.05, 0) is 73.8 Å². The number of rotatable bonds is 12. The molecule has 1 fully saturated rings. The van der Waals surface area contributed by atoms with Crippen LogP contribution >= 0.6 is 0 Å². The number of ether oxygens (including phenoxy) is 2. The summed E-state index contributed by atoms with van der Waals surface area (Å²) < 4.78 is 28.2. The van der Waals surface area contributed by atoms with Crippen molar-refractivity contribution < 1.29 is 37.9 Å². The highest BCUT2D eigenvalue weighted by Crippen LogP contribution is 2.60. The van der Waals surface area contributed by atoms with Crippen LogP contribution < -0.4 is 9.80 Å². The molecule has 0 saturated carbocycles. The zero-order chi connectivity index (χ0) is 36.5. The fraction of sp³-hybridized carbons (Fsp3) is 0.436. The van der Waals surface area contributed by atoms with Gasteiger partial charge in [0.25, 0.3) is 5.91 Å². The number of aliphatic hydroxyl groups excluding tert-OH is 1. The first kappa shape index (κ1) is 36.4. The van der Waals surface area contributed by atoms with Gasteiger partial charge in [0.15, 0.2) is 5.60 Å². The Labute approximate surface area is 299 Å². The van der Waals surface area contributed by atoms with Gasteiger partial charge >= 0.3 is 5.97 Å². The first-order valence-corrected chi connectivity index (χ1v) is 20.6. The topological polar surface area (TPSA) is 117 Å². The smallest absolute Gasteiger partial charge is 0.305 e. The molecule has 5 atom stereocenters. The predicted octanol–water partition coefficient (Wildman–Crippen LogP) is 5.78. The van der Waals surface area contributed by atoms with Crippen LogP contribution in [0.25, 0.3) is 0 Å². The monoisotopic (exact) mass is 715 g/mol. The Morgan fingerprint density at radius 1 is 1.06 bits per heavy atom. The minimum Gasteiger partial charge on any atom is -0.469 e. The lowest BCUT2D eigenvalue weighted by Crippen LogP contribution is -2.48. The number of hydrogen-bond acceptors (Lipinski definition) is 7. The lowest BCUT2D eigenvalue weighted by Gasteiger charge is -2.37. The van der Waals surface area contributed by atoms with Crippen LogP contribution in [-0.2, 0) is 47.2 Å². The Morgan fingerprint density at radius 3 is 2.43 bits per heavy atom. The number of hydrogen-bond donors (Lipinski definition) is 1. The van der Waals surface area contributed by atoms with Gasteiger partial charge in [0.1, 0.15) is 0 Å². The Bertz CT molecular complexity index is 1790. The fourth-order valence-corrected chi connectivity index (χ4v) is 10.9. The van der Waals surface area contributed by atoms with Crippen molar-refractivity contribution in [1.29, 1.82) is 0 Å². The molecule has 3 aliphatic heterocycles. The van der Waals surface area contributed by atoms with Crippen molar-refractivity contribution in [2.75, 3.05) is 30.1 Å². The molecule has 0 bridgehead atoms. The molecule has 3 aromatic rings. The molecule has 1 N–H and O–H groups in total. The molecule has 0 aliphatic carbocycles. The minimum absolute atomic E-state index is 0.151. The summed E-state index contributed by atoms with van der Waals surface area (Å²) in [6.07, 6.45) is 1.36. The highest BCUT2D eigenvalue weighted by Gasteiger charge is 2.67. The summed E-state index contributed by atoms with van der Waals surface area (Å²) in [6, 6.07) is 21.8. The molecule has 51 heavy (non-hydrogen) atoms. The molecule has 3 heterocycles. The van der Waals surface area contributed by atoms with Crippen LogP contribution in [0.2, 0.25) is 18.6 Å². The second-order valence-electron chi connectivity index (χ2n) is 14.3. The molecule has 6 rings (SSSR count). The lowest BCUT2D eigenvalue weighted by atomic mass is 9.82. The lowest BCUT2D eigenvalue weighted by molar-refractivity contribution is -0.151. The maximum atomic E-state index is 16.6. The summed E-state index contributed by atoms with van der Waals surface area (Å²) >= 11 is 0. The van der Waals surface area contributed by atoms with Gasteiger partial charge in [0.2, 0.25) is 20.7 Å². The highest BCUT2D eigenvalue weighted by molar-refractivity contribution is 6.72. The highest BCUT2D eigenvalue weighted by atomic mass is 28.4. The standard InChI is InChI=1S/C39H46FN3O7Si/c1-26-37(51(3,4)40)34(22-35(46)42-23-28-13-9-8-12-27(28)20-31(42)24-44)50-39(26)32-21-30(43(25-45)29-14-6-5-7-15-29)17-18-33(32)41(38(39)48)19-11-10-16-36(47)49-2/h5-9,12-15,17-18,21,25-26,31,34,37,44H,10-11,16,19-20,22-24H2,1-4H3/t26-,31+,34+,37-,39+/m1/s1. The van der Waals surface area contributed by atoms with Gasteiger partial charge in [-0.25, -0.2) is 0 Å². The van der Waals surface area contributed by atoms with Gasteiger partial charge in [-0.1, -0.05) is 49.4 Å². The number of halogens is 1. The van der Waals surface area contributed by atoms with Crippen LogP contribution in [0.3, 0.4) is 0 Å². The average Bonchev–Trinajstić information content (AvgIpc) is 3.55. The van der Waals surface area contributed by atoms with Gasteiger partial charge in [-0.3, -0.25) is 24.1 Å². The van der Waals surface area contributed by atoms with Crippen molar-refractivity contribution in [3.63, 3.8) is 0 Å². The second-order valence-corrected chi connectivity index (χ2v) is 18.1. The van der Waals surface area contributed by atoms with Crippen LogP contribution in [0.4, 0.5) is 21.2 Å². The van der Waals surface area contributed by atoms with Crippen LogP contribution in [0.15, 0.2) is 72.8 Å². The van der Waals surface area contributed by atoms with Crippen molar-refractivity contribution in [2.24, 2.45) is 5.92 Å². The third kappa shape index (κ3) is 6.72. The molecule has 0 unspecified atom stereocenters. The van der Waals surface area contributed by atoms with Gasteiger partial charge in [-0.2, -0.15) is 0 Å². The van der Waals surface area contributed by atoms with Crippen LogP contribution in [0, 0.1) is 5.92 Å². The van der Waals surface area contributed by atoms with E-state index < -0.39 is 37.6 Å². The van der Waals surface area contributed by atoms with E-state index in [1.165, 1.54) is 12.0 Å². The number of unbranched alkanes of at least 4 members (excludes halogenated alkanes) is 1. The number of carbonyl (C=O) groups excluding carboxylic acids is 4. The molecule has 0 radical (unpaired) electrons. The molecule has 270 valence electrons. The van der Waals surface area contributed by atoms with E-state index in [9.17, 15) is 24.3 Å². The summed E-state index contributed by atoms with van der Waals surface area (Å²) in [5, 5.41) is 10.3. The number of nitrogens with zero attached hydrogens (tertiary/aromatic N) is 3. The maximum Gasteiger partial charge on any atom is 0.305 e. The molecule has 3 amide bonds. The van der Waals surface area contributed by atoms with E-state index in [2.05, 4.69) is 0 Å². The molecule has 0 aromatic heterocycles. The molecule has 10 nitrogen and oxygen atoms in total. The SMILES string of the molecule is COC(=O)CCCCN1C(=O)[C@@]2(O[C@@H](CC(=O)N3Cc4ccccc4C[C@H]3CO)[C@H]([Si](C)(C)F)[C@H]2C)c2cc(N(C=O)c3ccccc3)ccc21. The summed E-state index contributed by atoms with van der Waals surface area (Å²) in [5.41, 5.74) is 1.99. The molecular weight excluding hydrogens is 670 g/mol. The zero-order valence-corrected chi connectivity index (χ0v) is 30.6. The number of anilines is 3. The van der Waals surface area contributed by atoms with E-state index in [-0.39, 0.29) is 43.8 Å². The molecule has 3 aliphatic rings. The molecule has 12 heteroatoms. The van der Waals surface area contributed by atoms with Crippen LogP contribution in [0.5, 0.6) is 0 Å². The van der Waals surface area contributed by atoms with Gasteiger partial charge < -0.3 is 28.5 Å². The largest absolute Gasteiger partial charge is 0.469 e. The molecular formula is C39H46FN3O7Si. The average molecular weight is 716 g/mol. The summed E-state index contributed by atoms with van der Waals surface area (Å²) in [6.45, 7) is 5.40. The Morgan fingerprint density at radius 2 is 1.76 bits per heavy atom. The van der Waals surface area contributed by atoms with Crippen molar-refractivity contribution in [3.8, 4) is 0 Å². The number of benzene rings is 3. The van der Waals surface area contributed by atoms with Crippen molar-refractivity contribution in [1.82, 2.24) is 4.90 Å². The number of para-hydroxylation sites is 1. The second kappa shape index (κ2) is 14.7. The maximum absolute atomic E-state index is 16.6. The van der Waals surface area contributed by atoms with Gasteiger partial charge in [0, 0.05) is 47.9 Å². The first-order chi connectivity index (χ1) is 24.4. The molecule has 1 saturated heterocycles. The quantitative estimate of drug-likeness (QED) is 0.0831. The van der Waals surface area contributed by atoms with E-state index in [0.717, 1.165) is 11.1 Å². The third-order valence-electron chi connectivity index (χ3n) is 10.9. The van der Waals surface area contributed by atoms with E-state index in [1.54, 1.807) is 53.2 Å². The Kier molecular flexibility index (Phi) is 10.5. The number of amides is 3. The molecule has 1 spiro atoms. The number of aliphatic hydroxyl groups is 1. The number of carbonyl (C=O) groups is 4. The number of esters is 1.